The van der Waals surface area contributed by atoms with Crippen molar-refractivity contribution in [1.29, 1.82) is 0 Å². The second-order valence-corrected chi connectivity index (χ2v) is 4.85. The fourth-order valence-corrected chi connectivity index (χ4v) is 2.20. The Kier molecular flexibility index (Phi) is 3.97. The Hall–Kier alpha value is -2.29. The Morgan fingerprint density at radius 2 is 1.60 bits per heavy atom. The van der Waals surface area contributed by atoms with E-state index in [4.69, 9.17) is 4.74 Å². The molecule has 1 heterocycles. The minimum Gasteiger partial charge on any atom is -0.457 e. The average Bonchev–Trinajstić information content (AvgIpc) is 2.51. The Morgan fingerprint density at radius 3 is 2.30 bits per heavy atom. The molecule has 2 aromatic carbocycles. The highest BCUT2D eigenvalue weighted by molar-refractivity contribution is 5.95. The fraction of sp³-hybridized carbons (Fsp3) is 0.235. The number of para-hydroxylation sites is 1. The maximum absolute atomic E-state index is 5.77. The SMILES string of the molecule is c1ccc(Oc2ccc(NC3=NCCCC3)cc2)cc1. The summed E-state index contributed by atoms with van der Waals surface area (Å²) >= 11 is 0. The van der Waals surface area contributed by atoms with Crippen molar-refractivity contribution < 1.29 is 4.74 Å². The van der Waals surface area contributed by atoms with Crippen LogP contribution in [0.3, 0.4) is 0 Å². The maximum Gasteiger partial charge on any atom is 0.127 e. The second kappa shape index (κ2) is 6.24. The first-order valence-corrected chi connectivity index (χ1v) is 7.03. The van der Waals surface area contributed by atoms with Crippen LogP contribution in [0.15, 0.2) is 59.6 Å². The van der Waals surface area contributed by atoms with Gasteiger partial charge in [-0.3, -0.25) is 4.99 Å². The number of hydrogen-bond donors (Lipinski definition) is 1. The van der Waals surface area contributed by atoms with E-state index in [1.165, 1.54) is 12.8 Å². The molecule has 0 bridgehead atoms. The Morgan fingerprint density at radius 1 is 0.850 bits per heavy atom. The van der Waals surface area contributed by atoms with Gasteiger partial charge in [0.15, 0.2) is 0 Å². The van der Waals surface area contributed by atoms with Crippen molar-refractivity contribution in [2.24, 2.45) is 4.99 Å². The molecule has 3 rings (SSSR count). The summed E-state index contributed by atoms with van der Waals surface area (Å²) in [5, 5.41) is 3.37. The van der Waals surface area contributed by atoms with E-state index in [0.717, 1.165) is 36.0 Å². The van der Waals surface area contributed by atoms with E-state index in [-0.39, 0.29) is 0 Å². The number of ether oxygens (including phenoxy) is 1. The van der Waals surface area contributed by atoms with Gasteiger partial charge in [-0.05, 0) is 49.2 Å². The third-order valence-corrected chi connectivity index (χ3v) is 3.25. The predicted molar refractivity (Wildman–Crippen MR) is 82.7 cm³/mol. The van der Waals surface area contributed by atoms with Gasteiger partial charge in [0.25, 0.3) is 0 Å². The largest absolute Gasteiger partial charge is 0.457 e. The highest BCUT2D eigenvalue weighted by Gasteiger charge is 2.05. The van der Waals surface area contributed by atoms with Gasteiger partial charge in [-0.25, -0.2) is 0 Å². The molecular formula is C17H18N2O. The lowest BCUT2D eigenvalue weighted by Crippen LogP contribution is -2.15. The van der Waals surface area contributed by atoms with Crippen LogP contribution in [0.1, 0.15) is 19.3 Å². The zero-order valence-electron chi connectivity index (χ0n) is 11.4. The van der Waals surface area contributed by atoms with Gasteiger partial charge < -0.3 is 10.1 Å². The van der Waals surface area contributed by atoms with Crippen LogP contribution in [0.4, 0.5) is 5.69 Å². The highest BCUT2D eigenvalue weighted by atomic mass is 16.5. The smallest absolute Gasteiger partial charge is 0.127 e. The first-order valence-electron chi connectivity index (χ1n) is 7.03. The third kappa shape index (κ3) is 3.38. The summed E-state index contributed by atoms with van der Waals surface area (Å²) in [5.74, 6) is 2.78. The molecule has 3 heteroatoms. The molecule has 0 atom stereocenters. The molecule has 0 spiro atoms. The van der Waals surface area contributed by atoms with Crippen molar-refractivity contribution in [1.82, 2.24) is 0 Å². The highest BCUT2D eigenvalue weighted by Crippen LogP contribution is 2.23. The van der Waals surface area contributed by atoms with Crippen molar-refractivity contribution >= 4 is 11.5 Å². The van der Waals surface area contributed by atoms with Gasteiger partial charge in [0.05, 0.1) is 0 Å². The molecule has 20 heavy (non-hydrogen) atoms. The summed E-state index contributed by atoms with van der Waals surface area (Å²) in [6.45, 7) is 0.942. The molecule has 2 aromatic rings. The quantitative estimate of drug-likeness (QED) is 0.889. The number of hydrogen-bond acceptors (Lipinski definition) is 3. The fourth-order valence-electron chi connectivity index (χ4n) is 2.20. The summed E-state index contributed by atoms with van der Waals surface area (Å²) in [7, 11) is 0. The number of aliphatic imine (C=N–C) groups is 1. The number of anilines is 1. The molecule has 1 N–H and O–H groups in total. The van der Waals surface area contributed by atoms with Crippen molar-refractivity contribution in [2.75, 3.05) is 11.9 Å². The van der Waals surface area contributed by atoms with E-state index in [1.807, 2.05) is 54.6 Å². The van der Waals surface area contributed by atoms with Crippen LogP contribution in [0.5, 0.6) is 11.5 Å². The molecule has 0 radical (unpaired) electrons. The minimum atomic E-state index is 0.840. The van der Waals surface area contributed by atoms with Crippen LogP contribution in [-0.2, 0) is 0 Å². The minimum absolute atomic E-state index is 0.840. The Bertz CT molecular complexity index is 576. The van der Waals surface area contributed by atoms with Gasteiger partial charge in [0.1, 0.15) is 17.3 Å². The van der Waals surface area contributed by atoms with E-state index in [9.17, 15) is 0 Å². The molecule has 1 aliphatic heterocycles. The van der Waals surface area contributed by atoms with Crippen LogP contribution in [0.2, 0.25) is 0 Å². The molecular weight excluding hydrogens is 248 g/mol. The van der Waals surface area contributed by atoms with E-state index < -0.39 is 0 Å². The van der Waals surface area contributed by atoms with E-state index in [2.05, 4.69) is 10.3 Å². The zero-order valence-corrected chi connectivity index (χ0v) is 11.4. The van der Waals surface area contributed by atoms with Crippen LogP contribution >= 0.6 is 0 Å². The van der Waals surface area contributed by atoms with Gasteiger partial charge in [0.2, 0.25) is 0 Å². The first-order chi connectivity index (χ1) is 9.90. The monoisotopic (exact) mass is 266 g/mol. The molecule has 0 unspecified atom stereocenters. The zero-order chi connectivity index (χ0) is 13.6. The van der Waals surface area contributed by atoms with Crippen LogP contribution in [-0.4, -0.2) is 12.4 Å². The normalized spacial score (nSPS) is 14.5. The number of amidine groups is 1. The van der Waals surface area contributed by atoms with Crippen molar-refractivity contribution in [3.63, 3.8) is 0 Å². The van der Waals surface area contributed by atoms with Crippen molar-refractivity contribution in [2.45, 2.75) is 19.3 Å². The topological polar surface area (TPSA) is 33.6 Å². The standard InChI is InChI=1S/C17H18N2O/c1-2-6-15(7-3-1)20-16-11-9-14(10-12-16)19-17-8-4-5-13-18-17/h1-3,6-7,9-12H,4-5,8,13H2,(H,18,19). The van der Waals surface area contributed by atoms with Gasteiger partial charge in [-0.1, -0.05) is 18.2 Å². The van der Waals surface area contributed by atoms with Gasteiger partial charge in [-0.15, -0.1) is 0 Å². The maximum atomic E-state index is 5.77. The number of benzene rings is 2. The Labute approximate surface area is 119 Å². The molecule has 0 saturated heterocycles. The molecule has 0 aromatic heterocycles. The second-order valence-electron chi connectivity index (χ2n) is 4.85. The van der Waals surface area contributed by atoms with Gasteiger partial charge >= 0.3 is 0 Å². The predicted octanol–water partition coefficient (Wildman–Crippen LogP) is 4.47. The number of nitrogens with one attached hydrogen (secondary N) is 1. The number of rotatable bonds is 3. The van der Waals surface area contributed by atoms with Crippen LogP contribution in [0.25, 0.3) is 0 Å². The van der Waals surface area contributed by atoms with E-state index in [1.54, 1.807) is 0 Å². The molecule has 0 saturated carbocycles. The lowest BCUT2D eigenvalue weighted by atomic mass is 10.2. The summed E-state index contributed by atoms with van der Waals surface area (Å²) in [6, 6.07) is 17.8. The molecule has 0 amide bonds. The molecule has 0 fully saturated rings. The third-order valence-electron chi connectivity index (χ3n) is 3.25. The number of nitrogens with zero attached hydrogens (tertiary/aromatic N) is 1. The van der Waals surface area contributed by atoms with Crippen LogP contribution in [0, 0.1) is 0 Å². The summed E-state index contributed by atoms with van der Waals surface area (Å²) in [6.07, 6.45) is 3.47. The molecule has 3 nitrogen and oxygen atoms in total. The Balaban J connectivity index is 1.64. The van der Waals surface area contributed by atoms with Crippen molar-refractivity contribution in [3.05, 3.63) is 54.6 Å². The van der Waals surface area contributed by atoms with E-state index >= 15 is 0 Å². The molecule has 102 valence electrons. The first kappa shape index (κ1) is 12.7. The van der Waals surface area contributed by atoms with Gasteiger partial charge in [0, 0.05) is 18.7 Å². The van der Waals surface area contributed by atoms with Gasteiger partial charge in [-0.2, -0.15) is 0 Å². The van der Waals surface area contributed by atoms with E-state index in [0.29, 0.717) is 0 Å². The molecule has 0 aliphatic carbocycles. The summed E-state index contributed by atoms with van der Waals surface area (Å²) < 4.78 is 5.77. The van der Waals surface area contributed by atoms with Crippen molar-refractivity contribution in [3.8, 4) is 11.5 Å². The lowest BCUT2D eigenvalue weighted by Gasteiger charge is -2.14. The average molecular weight is 266 g/mol. The lowest BCUT2D eigenvalue weighted by molar-refractivity contribution is 0.483. The van der Waals surface area contributed by atoms with Crippen LogP contribution < -0.4 is 10.1 Å². The summed E-state index contributed by atoms with van der Waals surface area (Å²) in [4.78, 5) is 4.49. The summed E-state index contributed by atoms with van der Waals surface area (Å²) in [5.41, 5.74) is 1.06. The molecule has 1 aliphatic rings.